The standard InChI is InChI=1S/C8H7N3O5.C8H8N2O3.C6H5N3O4/c1-5(12)9-6-3-2-4-7(10(13)14)8(6)11(15)16;1-6(11)9-7-3-2-4-8(5-7)10(12)13;7-4-2-1-3-5(8(10)11)6(4)9(12)13/h2-4H,1H3,(H,9,12);2-5H,1H3,(H,9,11);1-3H,7H2. The highest BCUT2D eigenvalue weighted by Crippen LogP contribution is 2.34. The van der Waals surface area contributed by atoms with Crippen molar-refractivity contribution in [2.45, 2.75) is 13.8 Å². The van der Waals surface area contributed by atoms with Crippen LogP contribution in [0.2, 0.25) is 0 Å². The molecule has 2 amide bonds. The number of carbonyl (C=O) groups excluding carboxylic acids is 2. The molecule has 0 bridgehead atoms. The van der Waals surface area contributed by atoms with E-state index in [1.807, 2.05) is 0 Å². The van der Waals surface area contributed by atoms with Gasteiger partial charge in [-0.25, -0.2) is 0 Å². The number of nitrogens with one attached hydrogen (secondary N) is 2. The number of hydrogen-bond acceptors (Lipinski definition) is 13. The van der Waals surface area contributed by atoms with Crippen molar-refractivity contribution in [2.75, 3.05) is 16.4 Å². The number of hydrogen-bond donors (Lipinski definition) is 3. The van der Waals surface area contributed by atoms with Gasteiger partial charge in [0.05, 0.1) is 24.6 Å². The normalized spacial score (nSPS) is 9.48. The Bertz CT molecular complexity index is 1560. The average molecular weight is 588 g/mol. The van der Waals surface area contributed by atoms with Gasteiger partial charge in [0.15, 0.2) is 0 Å². The summed E-state index contributed by atoms with van der Waals surface area (Å²) in [6, 6.07) is 12.8. The third kappa shape index (κ3) is 9.94. The van der Waals surface area contributed by atoms with Crippen LogP contribution in [0.5, 0.6) is 0 Å². The molecule has 42 heavy (non-hydrogen) atoms. The lowest BCUT2D eigenvalue weighted by molar-refractivity contribution is -0.421. The van der Waals surface area contributed by atoms with E-state index in [9.17, 15) is 60.2 Å². The van der Waals surface area contributed by atoms with E-state index in [1.54, 1.807) is 6.07 Å². The lowest BCUT2D eigenvalue weighted by atomic mass is 10.2. The molecule has 0 atom stereocenters. The Labute approximate surface area is 233 Å². The number of benzene rings is 3. The number of non-ortho nitro benzene ring substituents is 1. The van der Waals surface area contributed by atoms with Crippen molar-refractivity contribution in [3.8, 4) is 0 Å². The zero-order chi connectivity index (χ0) is 32.1. The van der Waals surface area contributed by atoms with Crippen LogP contribution >= 0.6 is 0 Å². The average Bonchev–Trinajstić information content (AvgIpc) is 2.88. The first kappa shape index (κ1) is 33.4. The van der Waals surface area contributed by atoms with Crippen LogP contribution in [0.1, 0.15) is 13.8 Å². The van der Waals surface area contributed by atoms with Crippen LogP contribution in [0.25, 0.3) is 0 Å². The Kier molecular flexibility index (Phi) is 12.0. The van der Waals surface area contributed by atoms with Gasteiger partial charge in [-0.05, 0) is 18.2 Å². The minimum absolute atomic E-state index is 0.0359. The van der Waals surface area contributed by atoms with Gasteiger partial charge in [0.1, 0.15) is 11.4 Å². The number of carbonyl (C=O) groups is 2. The molecule has 20 heteroatoms. The summed E-state index contributed by atoms with van der Waals surface area (Å²) in [5.74, 6) is -0.788. The van der Waals surface area contributed by atoms with E-state index in [4.69, 9.17) is 5.73 Å². The molecule has 0 heterocycles. The van der Waals surface area contributed by atoms with Crippen molar-refractivity contribution >= 4 is 57.3 Å². The van der Waals surface area contributed by atoms with Gasteiger partial charge in [-0.15, -0.1) is 0 Å². The summed E-state index contributed by atoms with van der Waals surface area (Å²) < 4.78 is 0. The lowest BCUT2D eigenvalue weighted by Gasteiger charge is -2.02. The minimum Gasteiger partial charge on any atom is -0.393 e. The maximum Gasteiger partial charge on any atom is 0.369 e. The molecular weight excluding hydrogens is 568 g/mol. The van der Waals surface area contributed by atoms with E-state index >= 15 is 0 Å². The number of nitrogen functional groups attached to an aromatic ring is 1. The topological polar surface area (TPSA) is 300 Å². The third-order valence-corrected chi connectivity index (χ3v) is 4.51. The first-order chi connectivity index (χ1) is 19.6. The summed E-state index contributed by atoms with van der Waals surface area (Å²) in [6.45, 7) is 2.50. The van der Waals surface area contributed by atoms with E-state index in [0.717, 1.165) is 19.1 Å². The molecule has 0 aliphatic heterocycles. The maximum absolute atomic E-state index is 10.8. The Morgan fingerprint density at radius 2 is 1.10 bits per heavy atom. The molecule has 0 aromatic heterocycles. The number of nitrogens with two attached hydrogens (primary N) is 1. The SMILES string of the molecule is CC(=O)Nc1cccc([N+](=O)[O-])c1.CC(=O)Nc1cccc([N+](=O)[O-])c1[N+](=O)[O-].Nc1cccc([N+](=O)[O-])c1[N+](=O)[O-]. The number of anilines is 3. The molecule has 0 saturated carbocycles. The maximum atomic E-state index is 10.8. The predicted molar refractivity (Wildman–Crippen MR) is 146 cm³/mol. The molecule has 220 valence electrons. The highest BCUT2D eigenvalue weighted by Gasteiger charge is 2.28. The fourth-order valence-electron chi connectivity index (χ4n) is 2.96. The van der Waals surface area contributed by atoms with E-state index in [1.165, 1.54) is 49.4 Å². The molecule has 0 saturated heterocycles. The zero-order valence-corrected chi connectivity index (χ0v) is 21.5. The van der Waals surface area contributed by atoms with Gasteiger partial charge in [0.25, 0.3) is 5.69 Å². The summed E-state index contributed by atoms with van der Waals surface area (Å²) in [4.78, 5) is 69.6. The summed E-state index contributed by atoms with van der Waals surface area (Å²) in [6.07, 6.45) is 0. The Morgan fingerprint density at radius 3 is 1.52 bits per heavy atom. The number of para-hydroxylation sites is 2. The Balaban J connectivity index is 0.000000318. The quantitative estimate of drug-likeness (QED) is 0.199. The highest BCUT2D eigenvalue weighted by atomic mass is 16.6. The second-order valence-electron chi connectivity index (χ2n) is 7.59. The molecule has 0 spiro atoms. The van der Waals surface area contributed by atoms with Crippen LogP contribution in [0, 0.1) is 50.6 Å². The minimum atomic E-state index is -0.899. The first-order valence-corrected chi connectivity index (χ1v) is 11.0. The van der Waals surface area contributed by atoms with Gasteiger partial charge in [-0.2, -0.15) is 0 Å². The summed E-state index contributed by atoms with van der Waals surface area (Å²) in [5, 5.41) is 56.9. The van der Waals surface area contributed by atoms with Gasteiger partial charge in [0, 0.05) is 43.8 Å². The van der Waals surface area contributed by atoms with Crippen LogP contribution < -0.4 is 16.4 Å². The lowest BCUT2D eigenvalue weighted by Crippen LogP contribution is -2.09. The van der Waals surface area contributed by atoms with E-state index in [2.05, 4.69) is 10.6 Å². The molecule has 0 aliphatic carbocycles. The molecule has 0 fully saturated rings. The number of nitrogens with zero attached hydrogens (tertiary/aromatic N) is 5. The van der Waals surface area contributed by atoms with Crippen LogP contribution in [-0.4, -0.2) is 36.4 Å². The molecule has 0 aliphatic rings. The molecule has 20 nitrogen and oxygen atoms in total. The smallest absolute Gasteiger partial charge is 0.369 e. The summed E-state index contributed by atoms with van der Waals surface area (Å²) in [5.41, 5.74) is 2.58. The molecule has 3 rings (SSSR count). The first-order valence-electron chi connectivity index (χ1n) is 11.0. The molecule has 0 radical (unpaired) electrons. The predicted octanol–water partition coefficient (Wildman–Crippen LogP) is 4.10. The van der Waals surface area contributed by atoms with Crippen molar-refractivity contribution in [3.63, 3.8) is 0 Å². The second kappa shape index (κ2) is 15.1. The Hall–Kier alpha value is -6.60. The molecule has 3 aromatic carbocycles. The number of amides is 2. The van der Waals surface area contributed by atoms with Gasteiger partial charge in [-0.1, -0.05) is 18.2 Å². The molecule has 4 N–H and O–H groups in total. The second-order valence-corrected chi connectivity index (χ2v) is 7.59. The summed E-state index contributed by atoms with van der Waals surface area (Å²) in [7, 11) is 0. The molecule has 3 aromatic rings. The third-order valence-electron chi connectivity index (χ3n) is 4.51. The van der Waals surface area contributed by atoms with Crippen LogP contribution in [0.15, 0.2) is 60.7 Å². The van der Waals surface area contributed by atoms with Crippen molar-refractivity contribution < 1.29 is 34.2 Å². The van der Waals surface area contributed by atoms with Gasteiger partial charge in [-0.3, -0.25) is 60.2 Å². The van der Waals surface area contributed by atoms with Crippen LogP contribution in [0.4, 0.5) is 45.5 Å². The van der Waals surface area contributed by atoms with Gasteiger partial charge >= 0.3 is 22.7 Å². The van der Waals surface area contributed by atoms with E-state index in [-0.39, 0.29) is 23.0 Å². The van der Waals surface area contributed by atoms with Crippen LogP contribution in [0.3, 0.4) is 0 Å². The van der Waals surface area contributed by atoms with Gasteiger partial charge < -0.3 is 16.4 Å². The van der Waals surface area contributed by atoms with E-state index < -0.39 is 53.3 Å². The molecule has 0 unspecified atom stereocenters. The van der Waals surface area contributed by atoms with Crippen LogP contribution in [-0.2, 0) is 9.59 Å². The number of nitro benzene ring substituents is 5. The summed E-state index contributed by atoms with van der Waals surface area (Å²) >= 11 is 0. The zero-order valence-electron chi connectivity index (χ0n) is 21.5. The molecular formula is C22H20N8O12. The van der Waals surface area contributed by atoms with Gasteiger partial charge in [0.2, 0.25) is 11.8 Å². The highest BCUT2D eigenvalue weighted by molar-refractivity contribution is 5.92. The van der Waals surface area contributed by atoms with E-state index in [0.29, 0.717) is 5.69 Å². The van der Waals surface area contributed by atoms with Crippen molar-refractivity contribution in [1.82, 2.24) is 0 Å². The number of rotatable bonds is 7. The Morgan fingerprint density at radius 1 is 0.619 bits per heavy atom. The monoisotopic (exact) mass is 588 g/mol. The number of nitro groups is 5. The fraction of sp³-hybridized carbons (Fsp3) is 0.0909. The fourth-order valence-corrected chi connectivity index (χ4v) is 2.96. The largest absolute Gasteiger partial charge is 0.393 e. The van der Waals surface area contributed by atoms with Crippen molar-refractivity contribution in [1.29, 1.82) is 0 Å². The van der Waals surface area contributed by atoms with Crippen molar-refractivity contribution in [2.24, 2.45) is 0 Å². The van der Waals surface area contributed by atoms with Crippen molar-refractivity contribution in [3.05, 3.63) is 111 Å².